The molecule has 2 rings (SSSR count). The molecule has 0 saturated heterocycles. The maximum absolute atomic E-state index is 10.9. The zero-order chi connectivity index (χ0) is 17.6. The van der Waals surface area contributed by atoms with E-state index < -0.39 is 0 Å². The fourth-order valence-electron chi connectivity index (χ4n) is 4.75. The first kappa shape index (κ1) is 19.5. The molecule has 3 unspecified atom stereocenters. The fraction of sp³-hybridized carbons (Fsp3) is 0.857. The Morgan fingerprint density at radius 2 is 1.71 bits per heavy atom. The van der Waals surface area contributed by atoms with Gasteiger partial charge in [0.1, 0.15) is 0 Å². The molecule has 0 spiro atoms. The van der Waals surface area contributed by atoms with Crippen molar-refractivity contribution in [3.63, 3.8) is 0 Å². The Labute approximate surface area is 148 Å². The van der Waals surface area contributed by atoms with Crippen LogP contribution in [0, 0.1) is 16.7 Å². The average Bonchev–Trinajstić information content (AvgIpc) is 2.89. The van der Waals surface area contributed by atoms with Crippen LogP contribution in [0.3, 0.4) is 0 Å². The molecule has 2 fully saturated rings. The molecule has 0 amide bonds. The van der Waals surface area contributed by atoms with Crippen LogP contribution in [-0.4, -0.2) is 25.3 Å². The number of unbranched alkanes of at least 4 members (excludes halogenated alkanes) is 5. The summed E-state index contributed by atoms with van der Waals surface area (Å²) < 4.78 is 11.3. The molecule has 0 aromatic heterocycles. The van der Waals surface area contributed by atoms with E-state index in [1.807, 2.05) is 0 Å². The van der Waals surface area contributed by atoms with Crippen molar-refractivity contribution in [2.45, 2.75) is 84.7 Å². The van der Waals surface area contributed by atoms with Crippen molar-refractivity contribution in [2.75, 3.05) is 13.2 Å². The smallest absolute Gasteiger partial charge is 0.330 e. The normalized spacial score (nSPS) is 30.5. The summed E-state index contributed by atoms with van der Waals surface area (Å²) in [5, 5.41) is 0. The van der Waals surface area contributed by atoms with Gasteiger partial charge in [-0.3, -0.25) is 0 Å². The van der Waals surface area contributed by atoms with E-state index in [1.165, 1.54) is 51.0 Å². The molecule has 2 bridgehead atoms. The van der Waals surface area contributed by atoms with Crippen LogP contribution in [0.2, 0.25) is 0 Å². The zero-order valence-corrected chi connectivity index (χ0v) is 15.9. The van der Waals surface area contributed by atoms with Gasteiger partial charge in [-0.05, 0) is 48.9 Å². The molecule has 0 radical (unpaired) electrons. The van der Waals surface area contributed by atoms with E-state index in [0.29, 0.717) is 23.5 Å². The Bertz CT molecular complexity index is 429. The van der Waals surface area contributed by atoms with Gasteiger partial charge in [0.2, 0.25) is 0 Å². The Balaban J connectivity index is 1.47. The number of carbonyl (C=O) groups excluding carboxylic acids is 1. The minimum Gasteiger partial charge on any atom is -0.463 e. The largest absolute Gasteiger partial charge is 0.463 e. The number of hydrogen-bond donors (Lipinski definition) is 0. The second-order valence-corrected chi connectivity index (χ2v) is 8.46. The Hall–Kier alpha value is -0.830. The van der Waals surface area contributed by atoms with Gasteiger partial charge in [-0.1, -0.05) is 53.0 Å². The summed E-state index contributed by atoms with van der Waals surface area (Å²) >= 11 is 0. The molecule has 0 N–H and O–H groups in total. The van der Waals surface area contributed by atoms with Crippen LogP contribution in [0.15, 0.2) is 12.7 Å². The van der Waals surface area contributed by atoms with Gasteiger partial charge in [0.25, 0.3) is 0 Å². The molecule has 2 aliphatic rings. The van der Waals surface area contributed by atoms with E-state index >= 15 is 0 Å². The number of ether oxygens (including phenoxy) is 2. The summed E-state index contributed by atoms with van der Waals surface area (Å²) in [5.41, 5.74) is 0.841. The second kappa shape index (κ2) is 8.51. The molecule has 0 aliphatic heterocycles. The highest BCUT2D eigenvalue weighted by Crippen LogP contribution is 2.66. The number of fused-ring (bicyclic) bond motifs is 2. The molecule has 3 heteroatoms. The van der Waals surface area contributed by atoms with E-state index in [2.05, 4.69) is 27.4 Å². The SMILES string of the molecule is C=CC(=O)OCCCCCCCCOC1CC2CCC1(C)C2(C)C. The molecule has 2 aliphatic carbocycles. The summed E-state index contributed by atoms with van der Waals surface area (Å²) in [6, 6.07) is 0. The van der Waals surface area contributed by atoms with Crippen molar-refractivity contribution in [3.8, 4) is 0 Å². The van der Waals surface area contributed by atoms with E-state index in [4.69, 9.17) is 9.47 Å². The molecular weight excluding hydrogens is 300 g/mol. The topological polar surface area (TPSA) is 35.5 Å². The zero-order valence-electron chi connectivity index (χ0n) is 15.9. The third-order valence-corrected chi connectivity index (χ3v) is 6.98. The fourth-order valence-corrected chi connectivity index (χ4v) is 4.75. The third kappa shape index (κ3) is 4.22. The molecule has 3 nitrogen and oxygen atoms in total. The lowest BCUT2D eigenvalue weighted by molar-refractivity contribution is -0.137. The lowest BCUT2D eigenvalue weighted by atomic mass is 9.70. The number of rotatable bonds is 11. The first-order valence-electron chi connectivity index (χ1n) is 9.82. The summed E-state index contributed by atoms with van der Waals surface area (Å²) in [6.07, 6.45) is 12.6. The number of esters is 1. The minimum absolute atomic E-state index is 0.315. The molecule has 2 saturated carbocycles. The maximum atomic E-state index is 10.9. The first-order valence-corrected chi connectivity index (χ1v) is 9.82. The van der Waals surface area contributed by atoms with E-state index in [0.717, 1.165) is 25.4 Å². The average molecular weight is 337 g/mol. The monoisotopic (exact) mass is 336 g/mol. The Kier molecular flexibility index (Phi) is 6.91. The highest BCUT2D eigenvalue weighted by molar-refractivity contribution is 5.81. The predicted octanol–water partition coefficient (Wildman–Crippen LogP) is 5.29. The molecule has 24 heavy (non-hydrogen) atoms. The summed E-state index contributed by atoms with van der Waals surface area (Å²) in [7, 11) is 0. The van der Waals surface area contributed by atoms with Crippen LogP contribution < -0.4 is 0 Å². The van der Waals surface area contributed by atoms with Crippen molar-refractivity contribution in [1.82, 2.24) is 0 Å². The van der Waals surface area contributed by atoms with Crippen molar-refractivity contribution in [2.24, 2.45) is 16.7 Å². The van der Waals surface area contributed by atoms with Crippen molar-refractivity contribution in [1.29, 1.82) is 0 Å². The van der Waals surface area contributed by atoms with Crippen LogP contribution >= 0.6 is 0 Å². The Morgan fingerprint density at radius 1 is 1.08 bits per heavy atom. The minimum atomic E-state index is -0.315. The van der Waals surface area contributed by atoms with Gasteiger partial charge in [-0.15, -0.1) is 0 Å². The van der Waals surface area contributed by atoms with E-state index in [-0.39, 0.29) is 5.97 Å². The van der Waals surface area contributed by atoms with Gasteiger partial charge in [0.15, 0.2) is 0 Å². The molecule has 138 valence electrons. The summed E-state index contributed by atoms with van der Waals surface area (Å²) in [6.45, 7) is 12.2. The van der Waals surface area contributed by atoms with Crippen LogP contribution in [0.1, 0.15) is 78.6 Å². The van der Waals surface area contributed by atoms with Gasteiger partial charge in [-0.2, -0.15) is 0 Å². The molecular formula is C21H36O3. The van der Waals surface area contributed by atoms with Gasteiger partial charge in [0, 0.05) is 12.7 Å². The van der Waals surface area contributed by atoms with Gasteiger partial charge in [0.05, 0.1) is 12.7 Å². The van der Waals surface area contributed by atoms with Gasteiger partial charge in [-0.25, -0.2) is 4.79 Å². The van der Waals surface area contributed by atoms with Crippen LogP contribution in [0.25, 0.3) is 0 Å². The van der Waals surface area contributed by atoms with Crippen LogP contribution in [0.5, 0.6) is 0 Å². The molecule has 3 atom stereocenters. The third-order valence-electron chi connectivity index (χ3n) is 6.98. The summed E-state index contributed by atoms with van der Waals surface area (Å²) in [5.74, 6) is 0.548. The van der Waals surface area contributed by atoms with Crippen molar-refractivity contribution < 1.29 is 14.3 Å². The van der Waals surface area contributed by atoms with Crippen LogP contribution in [0.4, 0.5) is 0 Å². The lowest BCUT2D eigenvalue weighted by Crippen LogP contribution is -2.37. The molecule has 0 aromatic carbocycles. The van der Waals surface area contributed by atoms with Crippen molar-refractivity contribution in [3.05, 3.63) is 12.7 Å². The predicted molar refractivity (Wildman–Crippen MR) is 97.8 cm³/mol. The van der Waals surface area contributed by atoms with E-state index in [1.54, 1.807) is 0 Å². The quantitative estimate of drug-likeness (QED) is 0.292. The van der Waals surface area contributed by atoms with E-state index in [9.17, 15) is 4.79 Å². The van der Waals surface area contributed by atoms with Crippen molar-refractivity contribution >= 4 is 5.97 Å². The first-order chi connectivity index (χ1) is 11.4. The standard InChI is InChI=1S/C21H36O3/c1-5-19(22)24-15-11-9-7-6-8-10-14-23-18-16-17-12-13-21(18,4)20(17,2)3/h5,17-18H,1,6-16H2,2-4H3. The van der Waals surface area contributed by atoms with Gasteiger partial charge < -0.3 is 9.47 Å². The molecule has 0 aromatic rings. The maximum Gasteiger partial charge on any atom is 0.330 e. The summed E-state index contributed by atoms with van der Waals surface area (Å²) in [4.78, 5) is 10.9. The highest BCUT2D eigenvalue weighted by atomic mass is 16.5. The number of hydrogen-bond acceptors (Lipinski definition) is 3. The Morgan fingerprint density at radius 3 is 2.25 bits per heavy atom. The molecule has 0 heterocycles. The highest BCUT2D eigenvalue weighted by Gasteiger charge is 2.61. The van der Waals surface area contributed by atoms with Crippen LogP contribution in [-0.2, 0) is 14.3 Å². The number of carbonyl (C=O) groups is 1. The van der Waals surface area contributed by atoms with Gasteiger partial charge >= 0.3 is 5.97 Å². The second-order valence-electron chi connectivity index (χ2n) is 8.46. The lowest BCUT2D eigenvalue weighted by Gasteiger charge is -2.39.